The monoisotopic (exact) mass is 280 g/mol. The van der Waals surface area contributed by atoms with Crippen LogP contribution in [-0.4, -0.2) is 28.5 Å². The number of rotatable bonds is 5. The summed E-state index contributed by atoms with van der Waals surface area (Å²) in [4.78, 5) is 4.48. The molecule has 2 saturated carbocycles. The maximum absolute atomic E-state index is 10.2. The number of hydrogen-bond donors (Lipinski definition) is 1. The highest BCUT2D eigenvalue weighted by Crippen LogP contribution is 2.40. The topological polar surface area (TPSA) is 68.4 Å². The Morgan fingerprint density at radius 2 is 2.00 bits per heavy atom. The molecule has 0 spiro atoms. The average Bonchev–Trinajstić information content (AvgIpc) is 3.20. The molecule has 5 heteroatoms. The summed E-state index contributed by atoms with van der Waals surface area (Å²) in [5.74, 6) is 1.60. The maximum atomic E-state index is 10.2. The lowest BCUT2D eigenvalue weighted by molar-refractivity contribution is -0.0178. The summed E-state index contributed by atoms with van der Waals surface area (Å²) in [7, 11) is 1.72. The van der Waals surface area contributed by atoms with E-state index in [9.17, 15) is 5.11 Å². The van der Waals surface area contributed by atoms with Gasteiger partial charge >= 0.3 is 0 Å². The molecule has 1 atom stereocenters. The van der Waals surface area contributed by atoms with E-state index in [2.05, 4.69) is 10.1 Å². The number of nitrogens with zero attached hydrogens (tertiary/aromatic N) is 2. The van der Waals surface area contributed by atoms with Crippen molar-refractivity contribution in [3.8, 4) is 0 Å². The molecule has 0 saturated heterocycles. The second kappa shape index (κ2) is 5.82. The highest BCUT2D eigenvalue weighted by atomic mass is 16.5. The molecule has 2 aliphatic carbocycles. The van der Waals surface area contributed by atoms with Crippen LogP contribution in [0.2, 0.25) is 0 Å². The van der Waals surface area contributed by atoms with Crippen LogP contribution in [-0.2, 0) is 16.8 Å². The van der Waals surface area contributed by atoms with Crippen molar-refractivity contribution >= 4 is 0 Å². The number of methoxy groups -OCH3 is 1. The molecule has 0 aromatic carbocycles. The molecule has 0 aliphatic heterocycles. The first-order chi connectivity index (χ1) is 9.73. The zero-order chi connectivity index (χ0) is 14.0. The van der Waals surface area contributed by atoms with Crippen molar-refractivity contribution in [2.24, 2.45) is 5.92 Å². The van der Waals surface area contributed by atoms with Gasteiger partial charge in [0.1, 0.15) is 5.60 Å². The van der Waals surface area contributed by atoms with Crippen molar-refractivity contribution < 1.29 is 14.4 Å². The predicted molar refractivity (Wildman–Crippen MR) is 73.1 cm³/mol. The molecule has 112 valence electrons. The first-order valence-electron chi connectivity index (χ1n) is 7.80. The fourth-order valence-electron chi connectivity index (χ4n) is 3.68. The number of aromatic nitrogens is 2. The quantitative estimate of drug-likeness (QED) is 0.897. The van der Waals surface area contributed by atoms with E-state index in [1.54, 1.807) is 7.11 Å². The summed E-state index contributed by atoms with van der Waals surface area (Å²) in [6.45, 7) is 0. The largest absolute Gasteiger partial charge is 0.392 e. The minimum Gasteiger partial charge on any atom is -0.392 e. The zero-order valence-electron chi connectivity index (χ0n) is 12.2. The molecule has 1 aromatic rings. The third-order valence-electron chi connectivity index (χ3n) is 5.01. The number of aliphatic hydroxyl groups excluding tert-OH is 1. The Labute approximate surface area is 119 Å². The minimum absolute atomic E-state index is 0.354. The van der Waals surface area contributed by atoms with Gasteiger partial charge < -0.3 is 14.4 Å². The Kier molecular flexibility index (Phi) is 4.08. The molecule has 2 fully saturated rings. The van der Waals surface area contributed by atoms with Crippen molar-refractivity contribution in [1.29, 1.82) is 0 Å². The van der Waals surface area contributed by atoms with Gasteiger partial charge in [0.15, 0.2) is 0 Å². The summed E-state index contributed by atoms with van der Waals surface area (Å²) in [5, 5.41) is 14.3. The summed E-state index contributed by atoms with van der Waals surface area (Å²) < 4.78 is 11.0. The Bertz CT molecular complexity index is 434. The van der Waals surface area contributed by atoms with Crippen molar-refractivity contribution in [2.75, 3.05) is 7.11 Å². The SMILES string of the molecule is COC1(c2noc(CC(O)C3CCCC3)n2)CCCC1. The lowest BCUT2D eigenvalue weighted by Gasteiger charge is -2.22. The van der Waals surface area contributed by atoms with E-state index >= 15 is 0 Å². The Hall–Kier alpha value is -0.940. The van der Waals surface area contributed by atoms with Gasteiger partial charge in [0.05, 0.1) is 12.5 Å². The molecule has 20 heavy (non-hydrogen) atoms. The molecule has 3 rings (SSSR count). The summed E-state index contributed by atoms with van der Waals surface area (Å²) >= 11 is 0. The van der Waals surface area contributed by atoms with Crippen LogP contribution in [0.15, 0.2) is 4.52 Å². The maximum Gasteiger partial charge on any atom is 0.229 e. The minimum atomic E-state index is -0.361. The number of ether oxygens (including phenoxy) is 1. The molecule has 0 bridgehead atoms. The van der Waals surface area contributed by atoms with Crippen LogP contribution in [0.25, 0.3) is 0 Å². The summed E-state index contributed by atoms with van der Waals surface area (Å²) in [6, 6.07) is 0. The second-order valence-electron chi connectivity index (χ2n) is 6.23. The van der Waals surface area contributed by atoms with Gasteiger partial charge in [-0.2, -0.15) is 4.98 Å². The lowest BCUT2D eigenvalue weighted by Crippen LogP contribution is -2.26. The summed E-state index contributed by atoms with van der Waals surface area (Å²) in [6.07, 6.45) is 8.98. The molecule has 0 amide bonds. The normalized spacial score (nSPS) is 24.3. The lowest BCUT2D eigenvalue weighted by atomic mass is 9.98. The molecular formula is C15H24N2O3. The van der Waals surface area contributed by atoms with E-state index in [4.69, 9.17) is 9.26 Å². The van der Waals surface area contributed by atoms with Gasteiger partial charge in [0, 0.05) is 7.11 Å². The highest BCUT2D eigenvalue weighted by molar-refractivity contribution is 5.05. The van der Waals surface area contributed by atoms with Crippen LogP contribution in [0.4, 0.5) is 0 Å². The van der Waals surface area contributed by atoms with Crippen LogP contribution in [0.1, 0.15) is 63.1 Å². The van der Waals surface area contributed by atoms with Crippen molar-refractivity contribution in [1.82, 2.24) is 10.1 Å². The van der Waals surface area contributed by atoms with E-state index in [-0.39, 0.29) is 11.7 Å². The molecule has 2 aliphatic rings. The van der Waals surface area contributed by atoms with Crippen molar-refractivity contribution in [2.45, 2.75) is 69.5 Å². The molecule has 5 nitrogen and oxygen atoms in total. The molecule has 1 heterocycles. The van der Waals surface area contributed by atoms with Gasteiger partial charge in [0.2, 0.25) is 11.7 Å². The van der Waals surface area contributed by atoms with Gasteiger partial charge in [-0.05, 0) is 44.4 Å². The third-order valence-corrected chi connectivity index (χ3v) is 5.01. The predicted octanol–water partition coefficient (Wildman–Crippen LogP) is 2.58. The smallest absolute Gasteiger partial charge is 0.229 e. The number of hydrogen-bond acceptors (Lipinski definition) is 5. The second-order valence-corrected chi connectivity index (χ2v) is 6.23. The van der Waals surface area contributed by atoms with Gasteiger partial charge in [0.25, 0.3) is 0 Å². The van der Waals surface area contributed by atoms with Gasteiger partial charge in [-0.15, -0.1) is 0 Å². The van der Waals surface area contributed by atoms with Crippen LogP contribution in [0.5, 0.6) is 0 Å². The van der Waals surface area contributed by atoms with Crippen LogP contribution in [0, 0.1) is 5.92 Å². The van der Waals surface area contributed by atoms with Gasteiger partial charge in [-0.25, -0.2) is 0 Å². The fourth-order valence-corrected chi connectivity index (χ4v) is 3.68. The third kappa shape index (κ3) is 2.61. The Balaban J connectivity index is 1.67. The van der Waals surface area contributed by atoms with Gasteiger partial charge in [-0.3, -0.25) is 0 Å². The van der Waals surface area contributed by atoms with Crippen molar-refractivity contribution in [3.05, 3.63) is 11.7 Å². The molecule has 1 aromatic heterocycles. The first kappa shape index (κ1) is 14.0. The average molecular weight is 280 g/mol. The van der Waals surface area contributed by atoms with Crippen molar-refractivity contribution in [3.63, 3.8) is 0 Å². The standard InChI is InChI=1S/C15H24N2O3/c1-19-15(8-4-5-9-15)14-16-13(20-17-14)10-12(18)11-6-2-3-7-11/h11-12,18H,2-10H2,1H3. The van der Waals surface area contributed by atoms with E-state index in [1.807, 2.05) is 0 Å². The van der Waals surface area contributed by atoms with Gasteiger partial charge in [-0.1, -0.05) is 18.0 Å². The molecular weight excluding hydrogens is 256 g/mol. The van der Waals surface area contributed by atoms with E-state index < -0.39 is 0 Å². The summed E-state index contributed by atoms with van der Waals surface area (Å²) in [5.41, 5.74) is -0.361. The highest BCUT2D eigenvalue weighted by Gasteiger charge is 2.40. The van der Waals surface area contributed by atoms with E-state index in [0.29, 0.717) is 24.1 Å². The molecule has 1 N–H and O–H groups in total. The zero-order valence-corrected chi connectivity index (χ0v) is 12.2. The molecule has 1 unspecified atom stereocenters. The van der Waals surface area contributed by atoms with Crippen LogP contribution >= 0.6 is 0 Å². The van der Waals surface area contributed by atoms with E-state index in [0.717, 1.165) is 38.5 Å². The fraction of sp³-hybridized carbons (Fsp3) is 0.867. The van der Waals surface area contributed by atoms with E-state index in [1.165, 1.54) is 12.8 Å². The first-order valence-corrected chi connectivity index (χ1v) is 7.80. The Morgan fingerprint density at radius 1 is 1.30 bits per heavy atom. The Morgan fingerprint density at radius 3 is 2.65 bits per heavy atom. The van der Waals surface area contributed by atoms with Crippen LogP contribution < -0.4 is 0 Å². The van der Waals surface area contributed by atoms with Crippen LogP contribution in [0.3, 0.4) is 0 Å². The molecule has 0 radical (unpaired) electrons. The number of aliphatic hydroxyl groups is 1.